The fourth-order valence-corrected chi connectivity index (χ4v) is 3.98. The Kier molecular flexibility index (Phi) is 11.6. The van der Waals surface area contributed by atoms with Gasteiger partial charge in [0.2, 0.25) is 17.5 Å². The molecule has 0 saturated carbocycles. The van der Waals surface area contributed by atoms with Crippen LogP contribution in [0.2, 0.25) is 0 Å². The van der Waals surface area contributed by atoms with Crippen molar-refractivity contribution in [2.45, 2.75) is 72.0 Å². The van der Waals surface area contributed by atoms with Crippen molar-refractivity contribution < 1.29 is 23.5 Å². The van der Waals surface area contributed by atoms with E-state index in [9.17, 15) is 9.59 Å². The van der Waals surface area contributed by atoms with E-state index < -0.39 is 0 Å². The molecule has 3 rings (SSSR count). The predicted molar refractivity (Wildman–Crippen MR) is 147 cm³/mol. The Morgan fingerprint density at radius 3 is 2.28 bits per heavy atom. The lowest BCUT2D eigenvalue weighted by molar-refractivity contribution is 0.0646. The normalized spacial score (nSPS) is 11.4. The zero-order valence-electron chi connectivity index (χ0n) is 23.5. The van der Waals surface area contributed by atoms with Gasteiger partial charge in [0.05, 0.1) is 32.6 Å². The summed E-state index contributed by atoms with van der Waals surface area (Å²) in [5.41, 5.74) is 1.35. The minimum absolute atomic E-state index is 0.0498. The van der Waals surface area contributed by atoms with Gasteiger partial charge in [0.25, 0.3) is 11.8 Å². The third-order valence-electron chi connectivity index (χ3n) is 6.49. The topological polar surface area (TPSA) is 133 Å². The van der Waals surface area contributed by atoms with Crippen molar-refractivity contribution in [1.82, 2.24) is 30.4 Å². The molecule has 2 heterocycles. The third-order valence-corrected chi connectivity index (χ3v) is 6.49. The highest BCUT2D eigenvalue weighted by Crippen LogP contribution is 2.25. The standard InChI is InChI=1S/C28H40N6O5/c1-6-21(7-2)30-26(35)23-18-29-28(39-23)20-12-10-11-19(17-20)24-32-25(27(36)31-22(8-3)9-4)34(33-24)13-14-38-16-15-37-5/h10-12,17-18,21-22H,6-9,13-16H2,1-5H3,(H,30,35)(H,31,36). The van der Waals surface area contributed by atoms with Crippen molar-refractivity contribution in [3.8, 4) is 22.8 Å². The lowest BCUT2D eigenvalue weighted by Gasteiger charge is -2.14. The number of ether oxygens (including phenoxy) is 2. The molecule has 11 heteroatoms. The lowest BCUT2D eigenvalue weighted by atomic mass is 10.1. The van der Waals surface area contributed by atoms with Gasteiger partial charge in [-0.3, -0.25) is 9.59 Å². The molecule has 3 aromatic rings. The number of carbonyl (C=O) groups is 2. The van der Waals surface area contributed by atoms with Crippen LogP contribution in [0, 0.1) is 0 Å². The molecular formula is C28H40N6O5. The summed E-state index contributed by atoms with van der Waals surface area (Å²) in [4.78, 5) is 34.5. The van der Waals surface area contributed by atoms with E-state index in [1.54, 1.807) is 11.8 Å². The number of rotatable bonds is 16. The van der Waals surface area contributed by atoms with Crippen molar-refractivity contribution >= 4 is 11.8 Å². The Morgan fingerprint density at radius 1 is 0.949 bits per heavy atom. The van der Waals surface area contributed by atoms with Gasteiger partial charge < -0.3 is 24.5 Å². The van der Waals surface area contributed by atoms with E-state index in [-0.39, 0.29) is 35.5 Å². The molecule has 2 amide bonds. The van der Waals surface area contributed by atoms with Crippen LogP contribution in [0.5, 0.6) is 0 Å². The van der Waals surface area contributed by atoms with E-state index in [1.165, 1.54) is 6.20 Å². The zero-order chi connectivity index (χ0) is 28.2. The van der Waals surface area contributed by atoms with Crippen LogP contribution >= 0.6 is 0 Å². The molecule has 0 aliphatic rings. The van der Waals surface area contributed by atoms with Crippen LogP contribution < -0.4 is 10.6 Å². The fourth-order valence-electron chi connectivity index (χ4n) is 3.98. The summed E-state index contributed by atoms with van der Waals surface area (Å²) in [6, 6.07) is 7.47. The second-order valence-corrected chi connectivity index (χ2v) is 9.17. The van der Waals surface area contributed by atoms with Crippen LogP contribution in [0.1, 0.15) is 74.6 Å². The smallest absolute Gasteiger partial charge is 0.289 e. The van der Waals surface area contributed by atoms with Gasteiger partial charge in [-0.05, 0) is 37.8 Å². The number of hydrogen-bond acceptors (Lipinski definition) is 8. The van der Waals surface area contributed by atoms with Crippen LogP contribution in [-0.4, -0.2) is 70.6 Å². The number of benzene rings is 1. The van der Waals surface area contributed by atoms with E-state index in [0.29, 0.717) is 49.2 Å². The Hall–Kier alpha value is -3.57. The first-order chi connectivity index (χ1) is 18.9. The van der Waals surface area contributed by atoms with Crippen molar-refractivity contribution in [3.05, 3.63) is 42.0 Å². The third kappa shape index (κ3) is 8.21. The summed E-state index contributed by atoms with van der Waals surface area (Å²) < 4.78 is 17.9. The van der Waals surface area contributed by atoms with Crippen molar-refractivity contribution in [3.63, 3.8) is 0 Å². The number of hydrogen-bond donors (Lipinski definition) is 2. The Morgan fingerprint density at radius 2 is 1.62 bits per heavy atom. The lowest BCUT2D eigenvalue weighted by Crippen LogP contribution is -2.35. The summed E-state index contributed by atoms with van der Waals surface area (Å²) in [6.45, 7) is 9.76. The summed E-state index contributed by atoms with van der Waals surface area (Å²) in [5.74, 6) is 0.495. The van der Waals surface area contributed by atoms with Crippen molar-refractivity contribution in [2.75, 3.05) is 26.9 Å². The van der Waals surface area contributed by atoms with Gasteiger partial charge in [0.1, 0.15) is 0 Å². The van der Waals surface area contributed by atoms with Crippen LogP contribution in [0.4, 0.5) is 0 Å². The SMILES string of the molecule is CCC(CC)NC(=O)c1cnc(-c2cccc(-c3nc(C(=O)NC(CC)CC)n(CCOCCOC)n3)c2)o1. The average molecular weight is 541 g/mol. The molecule has 1 aromatic carbocycles. The average Bonchev–Trinajstić information content (AvgIpc) is 3.63. The largest absolute Gasteiger partial charge is 0.431 e. The Labute approximate surface area is 229 Å². The van der Waals surface area contributed by atoms with E-state index in [2.05, 4.69) is 25.7 Å². The van der Waals surface area contributed by atoms with Crippen LogP contribution in [0.25, 0.3) is 22.8 Å². The quantitative estimate of drug-likeness (QED) is 0.260. The molecule has 0 spiro atoms. The number of nitrogens with zero attached hydrogens (tertiary/aromatic N) is 4. The first kappa shape index (κ1) is 30.0. The van der Waals surface area contributed by atoms with Gasteiger partial charge in [0.15, 0.2) is 5.82 Å². The summed E-state index contributed by atoms with van der Waals surface area (Å²) in [7, 11) is 1.61. The van der Waals surface area contributed by atoms with Gasteiger partial charge in [-0.1, -0.05) is 39.8 Å². The van der Waals surface area contributed by atoms with Gasteiger partial charge in [0, 0.05) is 30.3 Å². The number of oxazole rings is 1. The summed E-state index contributed by atoms with van der Waals surface area (Å²) in [5, 5.41) is 10.6. The maximum atomic E-state index is 13.1. The summed E-state index contributed by atoms with van der Waals surface area (Å²) >= 11 is 0. The zero-order valence-corrected chi connectivity index (χ0v) is 23.5. The first-order valence-electron chi connectivity index (χ1n) is 13.6. The van der Waals surface area contributed by atoms with E-state index in [4.69, 9.17) is 13.9 Å². The number of aromatic nitrogens is 4. The van der Waals surface area contributed by atoms with E-state index in [0.717, 1.165) is 25.7 Å². The Balaban J connectivity index is 1.84. The molecule has 11 nitrogen and oxygen atoms in total. The molecule has 0 aliphatic carbocycles. The van der Waals surface area contributed by atoms with Gasteiger partial charge in [-0.15, -0.1) is 0 Å². The first-order valence-corrected chi connectivity index (χ1v) is 13.6. The van der Waals surface area contributed by atoms with Gasteiger partial charge in [-0.2, -0.15) is 5.10 Å². The second kappa shape index (κ2) is 15.1. The number of nitrogens with one attached hydrogen (secondary N) is 2. The highest BCUT2D eigenvalue weighted by Gasteiger charge is 2.21. The van der Waals surface area contributed by atoms with Crippen LogP contribution in [0.15, 0.2) is 34.9 Å². The molecule has 0 radical (unpaired) electrons. The van der Waals surface area contributed by atoms with Crippen molar-refractivity contribution in [1.29, 1.82) is 0 Å². The molecule has 0 saturated heterocycles. The molecule has 2 N–H and O–H groups in total. The number of amides is 2. The molecular weight excluding hydrogens is 500 g/mol. The maximum Gasteiger partial charge on any atom is 0.289 e. The molecule has 0 fully saturated rings. The number of carbonyl (C=O) groups excluding carboxylic acids is 2. The molecule has 39 heavy (non-hydrogen) atoms. The molecule has 0 bridgehead atoms. The summed E-state index contributed by atoms with van der Waals surface area (Å²) in [6.07, 6.45) is 4.73. The van der Waals surface area contributed by atoms with Crippen LogP contribution in [-0.2, 0) is 16.0 Å². The molecule has 0 unspecified atom stereocenters. The minimum atomic E-state index is -0.292. The van der Waals surface area contributed by atoms with Gasteiger partial charge in [-0.25, -0.2) is 14.6 Å². The Bertz CT molecular complexity index is 1200. The molecule has 2 aromatic heterocycles. The molecule has 0 aliphatic heterocycles. The van der Waals surface area contributed by atoms with Gasteiger partial charge >= 0.3 is 0 Å². The van der Waals surface area contributed by atoms with Crippen molar-refractivity contribution in [2.24, 2.45) is 0 Å². The molecule has 0 atom stereocenters. The highest BCUT2D eigenvalue weighted by molar-refractivity contribution is 5.92. The number of methoxy groups -OCH3 is 1. The predicted octanol–water partition coefficient (Wildman–Crippen LogP) is 4.10. The van der Waals surface area contributed by atoms with E-state index >= 15 is 0 Å². The minimum Gasteiger partial charge on any atom is -0.431 e. The maximum absolute atomic E-state index is 13.1. The monoisotopic (exact) mass is 540 g/mol. The second-order valence-electron chi connectivity index (χ2n) is 9.17. The molecule has 212 valence electrons. The van der Waals surface area contributed by atoms with E-state index in [1.807, 2.05) is 52.0 Å². The fraction of sp³-hybridized carbons (Fsp3) is 0.536. The highest BCUT2D eigenvalue weighted by atomic mass is 16.5. The van der Waals surface area contributed by atoms with Crippen LogP contribution in [0.3, 0.4) is 0 Å².